The molecule has 1 heterocycles. The highest BCUT2D eigenvalue weighted by atomic mass is 32.2. The summed E-state index contributed by atoms with van der Waals surface area (Å²) in [5.41, 5.74) is 7.98. The van der Waals surface area contributed by atoms with Crippen LogP contribution in [0.1, 0.15) is 30.4 Å². The monoisotopic (exact) mass is 307 g/mol. The van der Waals surface area contributed by atoms with Gasteiger partial charge in [-0.05, 0) is 55.4 Å². The number of benzene rings is 1. The van der Waals surface area contributed by atoms with Gasteiger partial charge in [-0.15, -0.1) is 0 Å². The minimum Gasteiger partial charge on any atom is -0.387 e. The van der Waals surface area contributed by atoms with Crippen molar-refractivity contribution < 1.29 is 8.42 Å². The van der Waals surface area contributed by atoms with Gasteiger partial charge in [-0.25, -0.2) is 8.42 Å². The number of aryl methyl sites for hydroxylation is 2. The summed E-state index contributed by atoms with van der Waals surface area (Å²) in [5, 5.41) is 7.54. The second-order valence-corrected chi connectivity index (χ2v) is 7.88. The summed E-state index contributed by atoms with van der Waals surface area (Å²) in [6.07, 6.45) is 4.68. The fraction of sp³-hybridized carbons (Fsp3) is 0.533. The van der Waals surface area contributed by atoms with Gasteiger partial charge in [0.1, 0.15) is 0 Å². The van der Waals surface area contributed by atoms with Crippen molar-refractivity contribution >= 4 is 15.9 Å². The molecule has 21 heavy (non-hydrogen) atoms. The highest BCUT2D eigenvalue weighted by Gasteiger charge is 2.31. The Balaban J connectivity index is 1.88. The van der Waals surface area contributed by atoms with Crippen LogP contribution < -0.4 is 5.73 Å². The number of sulfonamides is 1. The first-order valence-electron chi connectivity index (χ1n) is 7.44. The average Bonchev–Trinajstić information content (AvgIpc) is 2.94. The first kappa shape index (κ1) is 14.5. The topological polar surface area (TPSA) is 87.2 Å². The van der Waals surface area contributed by atoms with E-state index in [1.165, 1.54) is 9.87 Å². The molecule has 1 unspecified atom stereocenters. The van der Waals surface area contributed by atoms with Crippen molar-refractivity contribution in [1.29, 1.82) is 5.41 Å². The summed E-state index contributed by atoms with van der Waals surface area (Å²) in [4.78, 5) is 0.382. The standard InChI is InChI=1S/C15H21N3O2S/c16-15(17)13-5-2-8-18(10-13)21(19,20)14-7-6-11-3-1-4-12(11)9-14/h6-7,9,13H,1-5,8,10H2,(H3,16,17). The van der Waals surface area contributed by atoms with Crippen molar-refractivity contribution in [2.75, 3.05) is 13.1 Å². The molecule has 1 atom stereocenters. The summed E-state index contributed by atoms with van der Waals surface area (Å²) in [7, 11) is -3.47. The van der Waals surface area contributed by atoms with Crippen molar-refractivity contribution in [2.24, 2.45) is 11.7 Å². The number of nitrogens with zero attached hydrogens (tertiary/aromatic N) is 1. The molecule has 5 nitrogen and oxygen atoms in total. The maximum absolute atomic E-state index is 12.8. The fourth-order valence-electron chi connectivity index (χ4n) is 3.27. The molecule has 1 fully saturated rings. The number of rotatable bonds is 3. The van der Waals surface area contributed by atoms with Gasteiger partial charge in [0.05, 0.1) is 10.7 Å². The van der Waals surface area contributed by atoms with Crippen LogP contribution in [0.25, 0.3) is 0 Å². The van der Waals surface area contributed by atoms with Gasteiger partial charge in [-0.3, -0.25) is 5.41 Å². The van der Waals surface area contributed by atoms with Crippen LogP contribution in [0.5, 0.6) is 0 Å². The Labute approximate surface area is 125 Å². The third-order valence-corrected chi connectivity index (χ3v) is 6.39. The number of fused-ring (bicyclic) bond motifs is 1. The van der Waals surface area contributed by atoms with Crippen molar-refractivity contribution in [3.8, 4) is 0 Å². The highest BCUT2D eigenvalue weighted by Crippen LogP contribution is 2.28. The molecule has 0 aromatic heterocycles. The largest absolute Gasteiger partial charge is 0.387 e. The molecule has 3 N–H and O–H groups in total. The van der Waals surface area contributed by atoms with E-state index in [2.05, 4.69) is 0 Å². The Bertz CT molecular complexity index is 669. The van der Waals surface area contributed by atoms with Gasteiger partial charge in [0.2, 0.25) is 10.0 Å². The maximum Gasteiger partial charge on any atom is 0.243 e. The lowest BCUT2D eigenvalue weighted by atomic mass is 9.99. The quantitative estimate of drug-likeness (QED) is 0.655. The Hall–Kier alpha value is -1.40. The van der Waals surface area contributed by atoms with Gasteiger partial charge in [0, 0.05) is 19.0 Å². The maximum atomic E-state index is 12.8. The van der Waals surface area contributed by atoms with Gasteiger partial charge >= 0.3 is 0 Å². The van der Waals surface area contributed by atoms with E-state index < -0.39 is 10.0 Å². The van der Waals surface area contributed by atoms with Crippen molar-refractivity contribution in [2.45, 2.75) is 37.0 Å². The Morgan fingerprint density at radius 1 is 1.24 bits per heavy atom. The van der Waals surface area contributed by atoms with Gasteiger partial charge in [-0.2, -0.15) is 4.31 Å². The molecule has 1 aromatic rings. The Morgan fingerprint density at radius 3 is 2.76 bits per heavy atom. The third-order valence-electron chi connectivity index (χ3n) is 4.53. The number of nitrogens with two attached hydrogens (primary N) is 1. The zero-order valence-electron chi connectivity index (χ0n) is 12.0. The molecule has 2 aliphatic rings. The first-order valence-corrected chi connectivity index (χ1v) is 8.88. The summed E-state index contributed by atoms with van der Waals surface area (Å²) in [6, 6.07) is 5.49. The number of piperidine rings is 1. The SMILES string of the molecule is N=C(N)C1CCCN(S(=O)(=O)c2ccc3c(c2)CCC3)C1. The van der Waals surface area contributed by atoms with E-state index in [1.54, 1.807) is 6.07 Å². The highest BCUT2D eigenvalue weighted by molar-refractivity contribution is 7.89. The second kappa shape index (κ2) is 5.42. The zero-order chi connectivity index (χ0) is 15.0. The summed E-state index contributed by atoms with van der Waals surface area (Å²) < 4.78 is 27.0. The molecule has 1 saturated heterocycles. The molecule has 0 saturated carbocycles. The van der Waals surface area contributed by atoms with Crippen LogP contribution in [0.4, 0.5) is 0 Å². The van der Waals surface area contributed by atoms with Crippen LogP contribution in [0.3, 0.4) is 0 Å². The number of hydrogen-bond donors (Lipinski definition) is 2. The molecule has 1 aromatic carbocycles. The first-order chi connectivity index (χ1) is 9.98. The molecule has 0 radical (unpaired) electrons. The van der Waals surface area contributed by atoms with Crippen molar-refractivity contribution in [3.63, 3.8) is 0 Å². The van der Waals surface area contributed by atoms with Gasteiger partial charge in [0.15, 0.2) is 0 Å². The van der Waals surface area contributed by atoms with Crippen molar-refractivity contribution in [3.05, 3.63) is 29.3 Å². The van der Waals surface area contributed by atoms with Crippen LogP contribution in [-0.2, 0) is 22.9 Å². The zero-order valence-corrected chi connectivity index (χ0v) is 12.8. The molecule has 0 bridgehead atoms. The van der Waals surface area contributed by atoms with E-state index in [0.717, 1.165) is 37.7 Å². The molecule has 1 aliphatic carbocycles. The molecule has 1 aliphatic heterocycles. The normalized spacial score (nSPS) is 23.0. The van der Waals surface area contributed by atoms with Crippen LogP contribution in [-0.4, -0.2) is 31.6 Å². The van der Waals surface area contributed by atoms with Gasteiger partial charge in [0.25, 0.3) is 0 Å². The van der Waals surface area contributed by atoms with Crippen molar-refractivity contribution in [1.82, 2.24) is 4.31 Å². The number of amidine groups is 1. The summed E-state index contributed by atoms with van der Waals surface area (Å²) >= 11 is 0. The van der Waals surface area contributed by atoms with E-state index in [9.17, 15) is 8.42 Å². The van der Waals surface area contributed by atoms with Gasteiger partial charge < -0.3 is 5.73 Å². The summed E-state index contributed by atoms with van der Waals surface area (Å²) in [5.74, 6) is -0.0631. The molecule has 3 rings (SSSR count). The predicted octanol–water partition coefficient (Wildman–Crippen LogP) is 1.51. The molecule has 0 spiro atoms. The Morgan fingerprint density at radius 2 is 2.00 bits per heavy atom. The molecule has 6 heteroatoms. The average molecular weight is 307 g/mol. The lowest BCUT2D eigenvalue weighted by molar-refractivity contribution is 0.310. The predicted molar refractivity (Wildman–Crippen MR) is 81.9 cm³/mol. The molecular weight excluding hydrogens is 286 g/mol. The van der Waals surface area contributed by atoms with E-state index in [1.807, 2.05) is 12.1 Å². The fourth-order valence-corrected chi connectivity index (χ4v) is 4.85. The van der Waals surface area contributed by atoms with Crippen LogP contribution in [0, 0.1) is 11.3 Å². The molecule has 0 amide bonds. The van der Waals surface area contributed by atoms with E-state index in [4.69, 9.17) is 11.1 Å². The van der Waals surface area contributed by atoms with Crippen LogP contribution in [0.2, 0.25) is 0 Å². The molecular formula is C15H21N3O2S. The van der Waals surface area contributed by atoms with E-state index in [-0.39, 0.29) is 11.8 Å². The van der Waals surface area contributed by atoms with Gasteiger partial charge in [-0.1, -0.05) is 6.07 Å². The lowest BCUT2D eigenvalue weighted by Gasteiger charge is -2.31. The van der Waals surface area contributed by atoms with E-state index >= 15 is 0 Å². The molecule has 114 valence electrons. The minimum absolute atomic E-state index is 0.0869. The number of nitrogens with one attached hydrogen (secondary N) is 1. The second-order valence-electron chi connectivity index (χ2n) is 5.94. The summed E-state index contributed by atoms with van der Waals surface area (Å²) in [6.45, 7) is 0.845. The van der Waals surface area contributed by atoms with Crippen LogP contribution >= 0.6 is 0 Å². The van der Waals surface area contributed by atoms with Crippen LogP contribution in [0.15, 0.2) is 23.1 Å². The number of hydrogen-bond acceptors (Lipinski definition) is 3. The smallest absolute Gasteiger partial charge is 0.243 e. The lowest BCUT2D eigenvalue weighted by Crippen LogP contribution is -2.43. The Kier molecular flexibility index (Phi) is 3.75. The minimum atomic E-state index is -3.47. The third kappa shape index (κ3) is 2.70. The van der Waals surface area contributed by atoms with E-state index in [0.29, 0.717) is 18.0 Å².